The van der Waals surface area contributed by atoms with Crippen molar-refractivity contribution in [2.45, 2.75) is 155 Å². The largest absolute Gasteiger partial charge is 0.392 e. The number of aliphatic hydroxyl groups is 2. The molecule has 0 fully saturated rings. The molecule has 5 N–H and O–H groups in total. The van der Waals surface area contributed by atoms with Crippen LogP contribution < -0.4 is 16.0 Å². The van der Waals surface area contributed by atoms with Crippen LogP contribution in [0, 0.1) is 11.8 Å². The summed E-state index contributed by atoms with van der Waals surface area (Å²) in [5, 5.41) is 32.3. The van der Waals surface area contributed by atoms with E-state index >= 15 is 0 Å². The van der Waals surface area contributed by atoms with Crippen LogP contribution in [0.3, 0.4) is 0 Å². The van der Waals surface area contributed by atoms with Crippen molar-refractivity contribution in [1.29, 1.82) is 0 Å². The topological polar surface area (TPSA) is 79.8 Å². The normalized spacial score (nSPS) is 14.9. The van der Waals surface area contributed by atoms with Gasteiger partial charge >= 0.3 is 0 Å². The molecule has 0 aromatic heterocycles. The molecule has 41 heavy (non-hydrogen) atoms. The molecule has 6 heteroatoms. The predicted molar refractivity (Wildman–Crippen MR) is 181 cm³/mol. The van der Waals surface area contributed by atoms with Crippen molar-refractivity contribution in [2.75, 3.05) is 59.4 Å². The molecule has 0 aliphatic rings. The van der Waals surface area contributed by atoms with Crippen molar-refractivity contribution in [3.05, 3.63) is 0 Å². The molecule has 0 spiro atoms. The van der Waals surface area contributed by atoms with Gasteiger partial charge in [0.05, 0.1) is 12.2 Å². The van der Waals surface area contributed by atoms with Gasteiger partial charge in [0.25, 0.3) is 0 Å². The first-order valence-electron chi connectivity index (χ1n) is 18.1. The van der Waals surface area contributed by atoms with Gasteiger partial charge in [-0.2, -0.15) is 0 Å². The molecule has 0 saturated heterocycles. The first-order chi connectivity index (χ1) is 20.0. The number of likely N-dealkylation sites (N-methyl/N-ethyl adjacent to an activating group) is 1. The Hall–Kier alpha value is -0.240. The average Bonchev–Trinajstić information content (AvgIpc) is 2.96. The molecule has 0 saturated carbocycles. The van der Waals surface area contributed by atoms with Gasteiger partial charge in [-0.3, -0.25) is 4.90 Å². The van der Waals surface area contributed by atoms with Gasteiger partial charge in [-0.05, 0) is 31.7 Å². The summed E-state index contributed by atoms with van der Waals surface area (Å²) in [5.74, 6) is 0.600. The second-order valence-corrected chi connectivity index (χ2v) is 13.0. The van der Waals surface area contributed by atoms with Gasteiger partial charge in [-0.15, -0.1) is 0 Å². The van der Waals surface area contributed by atoms with Crippen LogP contribution in [0.15, 0.2) is 0 Å². The Morgan fingerprint density at radius 1 is 0.512 bits per heavy atom. The van der Waals surface area contributed by atoms with E-state index in [1.165, 1.54) is 103 Å². The molecule has 4 atom stereocenters. The zero-order valence-corrected chi connectivity index (χ0v) is 28.5. The van der Waals surface area contributed by atoms with Gasteiger partial charge in [0.15, 0.2) is 0 Å². The molecule has 248 valence electrons. The van der Waals surface area contributed by atoms with Crippen molar-refractivity contribution in [1.82, 2.24) is 20.9 Å². The number of nitrogens with zero attached hydrogens (tertiary/aromatic N) is 1. The third-order valence-corrected chi connectivity index (χ3v) is 8.87. The Morgan fingerprint density at radius 2 is 0.878 bits per heavy atom. The Labute approximate surface area is 257 Å². The van der Waals surface area contributed by atoms with E-state index in [0.29, 0.717) is 24.9 Å². The summed E-state index contributed by atoms with van der Waals surface area (Å²) in [6, 6.07) is 0. The van der Waals surface area contributed by atoms with E-state index in [0.717, 1.165) is 52.1 Å². The van der Waals surface area contributed by atoms with E-state index in [4.69, 9.17) is 0 Å². The highest BCUT2D eigenvalue weighted by atomic mass is 16.3. The summed E-state index contributed by atoms with van der Waals surface area (Å²) in [4.78, 5) is 2.31. The fraction of sp³-hybridized carbons (Fsp3) is 1.00. The van der Waals surface area contributed by atoms with E-state index in [-0.39, 0.29) is 12.2 Å². The molecule has 0 heterocycles. The van der Waals surface area contributed by atoms with Gasteiger partial charge in [0.1, 0.15) is 0 Å². The number of hydrogen-bond acceptors (Lipinski definition) is 6. The van der Waals surface area contributed by atoms with Crippen molar-refractivity contribution in [2.24, 2.45) is 11.8 Å². The van der Waals surface area contributed by atoms with Crippen LogP contribution in [0.1, 0.15) is 143 Å². The highest BCUT2D eigenvalue weighted by molar-refractivity contribution is 4.76. The maximum absolute atomic E-state index is 11.1. The van der Waals surface area contributed by atoms with Gasteiger partial charge in [-0.1, -0.05) is 130 Å². The Kier molecular flexibility index (Phi) is 31.0. The lowest BCUT2D eigenvalue weighted by atomic mass is 9.94. The molecule has 0 amide bonds. The van der Waals surface area contributed by atoms with Crippen LogP contribution in [-0.2, 0) is 0 Å². The van der Waals surface area contributed by atoms with E-state index in [1.807, 2.05) is 7.05 Å². The lowest BCUT2D eigenvalue weighted by molar-refractivity contribution is 0.0259. The summed E-state index contributed by atoms with van der Waals surface area (Å²) in [5.41, 5.74) is 0. The lowest BCUT2D eigenvalue weighted by Crippen LogP contribution is -2.45. The zero-order chi connectivity index (χ0) is 30.4. The summed E-state index contributed by atoms with van der Waals surface area (Å²) in [7, 11) is 1.98. The summed E-state index contributed by atoms with van der Waals surface area (Å²) < 4.78 is 0. The predicted octanol–water partition coefficient (Wildman–Crippen LogP) is 6.74. The third-order valence-electron chi connectivity index (χ3n) is 8.87. The number of nitrogens with one attached hydrogen (secondary N) is 3. The highest BCUT2D eigenvalue weighted by Gasteiger charge is 2.22. The standard InChI is InChI=1S/C35H76N4O2/c1-6-8-10-12-14-16-18-20-22-32(3)34(40)30-39(29-28-38-27-26-37-25-24-36-5)31-35(41)33(4)23-21-19-17-15-13-11-9-7-2/h32-38,40-41H,6-31H2,1-5H3. The van der Waals surface area contributed by atoms with E-state index in [9.17, 15) is 10.2 Å². The number of hydrogen-bond donors (Lipinski definition) is 5. The van der Waals surface area contributed by atoms with Gasteiger partial charge < -0.3 is 26.2 Å². The van der Waals surface area contributed by atoms with Crippen molar-refractivity contribution in [3.63, 3.8) is 0 Å². The van der Waals surface area contributed by atoms with Crippen molar-refractivity contribution < 1.29 is 10.2 Å². The van der Waals surface area contributed by atoms with Crippen LogP contribution in [0.2, 0.25) is 0 Å². The lowest BCUT2D eigenvalue weighted by Gasteiger charge is -2.31. The van der Waals surface area contributed by atoms with Crippen LogP contribution in [0.5, 0.6) is 0 Å². The average molecular weight is 585 g/mol. The maximum atomic E-state index is 11.1. The molecule has 0 aliphatic heterocycles. The minimum atomic E-state index is -0.335. The highest BCUT2D eigenvalue weighted by Crippen LogP contribution is 2.19. The monoisotopic (exact) mass is 585 g/mol. The molecule has 6 nitrogen and oxygen atoms in total. The third kappa shape index (κ3) is 27.1. The second kappa shape index (κ2) is 31.2. The molecule has 0 aliphatic carbocycles. The zero-order valence-electron chi connectivity index (χ0n) is 28.5. The molecule has 0 radical (unpaired) electrons. The molecular formula is C35H76N4O2. The molecule has 0 bridgehead atoms. The fourth-order valence-electron chi connectivity index (χ4n) is 5.61. The Morgan fingerprint density at radius 3 is 1.29 bits per heavy atom. The van der Waals surface area contributed by atoms with Crippen molar-refractivity contribution >= 4 is 0 Å². The first-order valence-corrected chi connectivity index (χ1v) is 18.1. The molecule has 4 unspecified atom stereocenters. The number of rotatable bonds is 33. The Bertz CT molecular complexity index is 477. The van der Waals surface area contributed by atoms with Crippen molar-refractivity contribution in [3.8, 4) is 0 Å². The van der Waals surface area contributed by atoms with Gasteiger partial charge in [-0.25, -0.2) is 0 Å². The smallest absolute Gasteiger partial charge is 0.0692 e. The minimum Gasteiger partial charge on any atom is -0.392 e. The first kappa shape index (κ1) is 40.8. The number of unbranched alkanes of at least 4 members (excludes halogenated alkanes) is 14. The van der Waals surface area contributed by atoms with Gasteiger partial charge in [0, 0.05) is 52.4 Å². The minimum absolute atomic E-state index is 0.300. The second-order valence-electron chi connectivity index (χ2n) is 13.0. The molecule has 0 aromatic rings. The van der Waals surface area contributed by atoms with E-state index < -0.39 is 0 Å². The van der Waals surface area contributed by atoms with Crippen LogP contribution >= 0.6 is 0 Å². The Balaban J connectivity index is 4.48. The molecule has 0 rings (SSSR count). The van der Waals surface area contributed by atoms with Crippen LogP contribution in [-0.4, -0.2) is 86.7 Å². The molecular weight excluding hydrogens is 508 g/mol. The maximum Gasteiger partial charge on any atom is 0.0692 e. The SMILES string of the molecule is CCCCCCCCCCC(C)C(O)CN(CCNCCNCCNC)CC(O)C(C)CCCCCCCCCC. The van der Waals surface area contributed by atoms with Gasteiger partial charge in [0.2, 0.25) is 0 Å². The van der Waals surface area contributed by atoms with E-state index in [2.05, 4.69) is 48.5 Å². The summed E-state index contributed by atoms with van der Waals surface area (Å²) in [6.07, 6.45) is 22.8. The quantitative estimate of drug-likeness (QED) is 0.0550. The van der Waals surface area contributed by atoms with Crippen LogP contribution in [0.25, 0.3) is 0 Å². The van der Waals surface area contributed by atoms with E-state index in [1.54, 1.807) is 0 Å². The number of aliphatic hydroxyl groups excluding tert-OH is 2. The van der Waals surface area contributed by atoms with Crippen LogP contribution in [0.4, 0.5) is 0 Å². The summed E-state index contributed by atoms with van der Waals surface area (Å²) >= 11 is 0. The summed E-state index contributed by atoms with van der Waals surface area (Å²) in [6.45, 7) is 15.9. The fourth-order valence-corrected chi connectivity index (χ4v) is 5.61. The molecule has 0 aromatic carbocycles.